The maximum Gasteiger partial charge on any atom is 0.330 e. The van der Waals surface area contributed by atoms with E-state index >= 15 is 4.79 Å². The number of urea groups is 1. The Balaban J connectivity index is 1.09. The second-order valence-electron chi connectivity index (χ2n) is 19.2. The number of nitrogens with one attached hydrogen (secondary N) is 4. The molecule has 2 aliphatic carbocycles. The molecule has 3 fully saturated rings. The van der Waals surface area contributed by atoms with E-state index in [1.165, 1.54) is 16.2 Å². The van der Waals surface area contributed by atoms with E-state index in [-0.39, 0.29) is 43.6 Å². The highest BCUT2D eigenvalue weighted by molar-refractivity contribution is 7.14. The molecule has 362 valence electrons. The van der Waals surface area contributed by atoms with Crippen molar-refractivity contribution in [3.8, 4) is 22.9 Å². The highest BCUT2D eigenvalue weighted by atomic mass is 32.1. The molecule has 5 N–H and O–H groups in total. The molecule has 4 aliphatic rings. The third-order valence-corrected chi connectivity index (χ3v) is 14.5. The summed E-state index contributed by atoms with van der Waals surface area (Å²) in [7, 11) is 5.44. The summed E-state index contributed by atoms with van der Waals surface area (Å²) in [5.41, 5.74) is 1.71. The maximum absolute atomic E-state index is 15.1. The predicted octanol–water partition coefficient (Wildman–Crippen LogP) is 7.58. The number of anilines is 2. The number of ether oxygens (including phenoxy) is 2. The Morgan fingerprint density at radius 1 is 0.956 bits per heavy atom. The zero-order valence-electron chi connectivity index (χ0n) is 39.6. The Morgan fingerprint density at radius 2 is 1.71 bits per heavy atom. The molecule has 0 radical (unpaired) electrons. The smallest absolute Gasteiger partial charge is 0.330 e. The molecule has 0 spiro atoms. The number of carbonyl (C=O) groups excluding carboxylic acids is 4. The van der Waals surface area contributed by atoms with Crippen LogP contribution in [0.2, 0.25) is 0 Å². The van der Waals surface area contributed by atoms with Gasteiger partial charge >= 0.3 is 12.0 Å². The van der Waals surface area contributed by atoms with Crippen molar-refractivity contribution >= 4 is 62.7 Å². The van der Waals surface area contributed by atoms with Gasteiger partial charge in [0.15, 0.2) is 10.9 Å². The lowest BCUT2D eigenvalue weighted by Crippen LogP contribution is -2.58. The van der Waals surface area contributed by atoms with Crippen LogP contribution in [0.4, 0.5) is 15.6 Å². The fourth-order valence-electron chi connectivity index (χ4n) is 9.87. The molecule has 2 aliphatic heterocycles. The van der Waals surface area contributed by atoms with Crippen LogP contribution in [0.1, 0.15) is 101 Å². The van der Waals surface area contributed by atoms with Crippen LogP contribution >= 0.6 is 11.3 Å². The zero-order valence-corrected chi connectivity index (χ0v) is 40.4. The first-order chi connectivity index (χ1) is 32.7. The second-order valence-corrected chi connectivity index (χ2v) is 20.1. The second kappa shape index (κ2) is 21.0. The lowest BCUT2D eigenvalue weighted by molar-refractivity contribution is -0.145. The van der Waals surface area contributed by atoms with Gasteiger partial charge in [0, 0.05) is 66.6 Å². The number of hydrogen-bond acceptors (Lipinski definition) is 12. The number of aliphatic carboxylic acids is 1. The van der Waals surface area contributed by atoms with Crippen molar-refractivity contribution in [1.82, 2.24) is 30.8 Å². The number of hydrogen-bond donors (Lipinski definition) is 5. The van der Waals surface area contributed by atoms with Crippen molar-refractivity contribution in [3.63, 3.8) is 0 Å². The van der Waals surface area contributed by atoms with Crippen molar-refractivity contribution in [3.05, 3.63) is 71.6 Å². The van der Waals surface area contributed by atoms with Crippen molar-refractivity contribution < 1.29 is 38.6 Å². The molecule has 2 aromatic heterocycles. The average Bonchev–Trinajstić information content (AvgIpc) is 3.58. The van der Waals surface area contributed by atoms with Crippen molar-refractivity contribution in [2.75, 3.05) is 38.0 Å². The molecular formula is C51H64N8O8S. The van der Waals surface area contributed by atoms with Gasteiger partial charge in [-0.25, -0.2) is 19.6 Å². The van der Waals surface area contributed by atoms with Crippen LogP contribution < -0.4 is 35.6 Å². The quantitative estimate of drug-likeness (QED) is 0.0650. The molecule has 4 aromatic rings. The van der Waals surface area contributed by atoms with Crippen LogP contribution in [0.3, 0.4) is 0 Å². The Kier molecular flexibility index (Phi) is 14.9. The van der Waals surface area contributed by atoms with E-state index in [4.69, 9.17) is 19.4 Å². The first kappa shape index (κ1) is 48.2. The molecule has 16 nitrogen and oxygen atoms in total. The van der Waals surface area contributed by atoms with Gasteiger partial charge in [-0.15, -0.1) is 11.3 Å². The minimum absolute atomic E-state index is 0.0271. The molecular weight excluding hydrogens is 885 g/mol. The van der Waals surface area contributed by atoms with Crippen LogP contribution in [0.25, 0.3) is 22.3 Å². The summed E-state index contributed by atoms with van der Waals surface area (Å²) in [6.45, 7) is 4.04. The van der Waals surface area contributed by atoms with Gasteiger partial charge in [0.05, 0.1) is 30.9 Å². The number of fused-ring (bicyclic) bond motifs is 3. The summed E-state index contributed by atoms with van der Waals surface area (Å²) >= 11 is 1.46. The average molecular weight is 949 g/mol. The minimum atomic E-state index is -1.50. The third-order valence-electron chi connectivity index (χ3n) is 13.7. The Morgan fingerprint density at radius 3 is 2.43 bits per heavy atom. The van der Waals surface area contributed by atoms with Crippen LogP contribution in [0.15, 0.2) is 66.1 Å². The molecule has 1 unspecified atom stereocenters. The fraction of sp³-hybridized carbons (Fsp3) is 0.510. The number of nitrogens with zero attached hydrogens (tertiary/aromatic N) is 4. The largest absolute Gasteiger partial charge is 0.497 e. The van der Waals surface area contributed by atoms with Gasteiger partial charge in [0.1, 0.15) is 40.9 Å². The van der Waals surface area contributed by atoms with Crippen molar-refractivity contribution in [1.29, 1.82) is 0 Å². The van der Waals surface area contributed by atoms with Crippen LogP contribution in [0, 0.1) is 11.8 Å². The summed E-state index contributed by atoms with van der Waals surface area (Å²) in [5, 5.41) is 25.9. The number of ketones is 1. The number of Topliss-reactive ketones (excluding diaryl/α,β-unsaturated/α-hetero) is 1. The summed E-state index contributed by atoms with van der Waals surface area (Å²) < 4.78 is 12.3. The van der Waals surface area contributed by atoms with E-state index in [0.717, 1.165) is 55.8 Å². The Bertz CT molecular complexity index is 2520. The lowest BCUT2D eigenvalue weighted by Gasteiger charge is -2.32. The highest BCUT2D eigenvalue weighted by Crippen LogP contribution is 2.46. The number of allylic oxidation sites excluding steroid dienone is 1. The van der Waals surface area contributed by atoms with E-state index in [0.29, 0.717) is 52.2 Å². The summed E-state index contributed by atoms with van der Waals surface area (Å²) in [6, 6.07) is 11.1. The molecule has 4 heterocycles. The van der Waals surface area contributed by atoms with Crippen LogP contribution in [-0.2, 0) is 14.4 Å². The first-order valence-electron chi connectivity index (χ1n) is 24.0. The number of methoxy groups -OCH3 is 1. The standard InChI is InChI=1S/C51H64N8O8S/c1-30(2)52-50-55-41(29-68-50)40-26-43(37-23-22-35(66-5)24-39(37)53-40)67-36-25-42-46(61)57-51(48(63)64)27-33(51)16-12-7-6-8-13-17-38(47(62)59(42)28-36)54-49(65)56-44(31-14-10-9-11-15-31)45(60)32-18-20-34(21-19-32)58(3)4/h12,16,18-24,26,29-31,33,36,38,42,44H,6-11,13-15,17,25,27-28H2,1-5H3,(H,52,55)(H,57,61)(H,63,64)(H2,54,56,65)/b16-12-/t33?,36-,38-,42+,44+,51-/m1/s1. The van der Waals surface area contributed by atoms with E-state index in [1.807, 2.05) is 68.6 Å². The van der Waals surface area contributed by atoms with Crippen LogP contribution in [-0.4, -0.2) is 113 Å². The molecule has 8 rings (SSSR count). The van der Waals surface area contributed by atoms with Gasteiger partial charge in [-0.05, 0) is 94.7 Å². The number of pyridine rings is 1. The Labute approximate surface area is 401 Å². The number of aromatic nitrogens is 2. The normalized spacial score (nSPS) is 24.4. The lowest BCUT2D eigenvalue weighted by atomic mass is 9.81. The van der Waals surface area contributed by atoms with Gasteiger partial charge in [0.25, 0.3) is 0 Å². The first-order valence-corrected chi connectivity index (χ1v) is 24.9. The SMILES string of the molecule is COc1ccc2c(O[C@@H]3C[C@H]4C(=O)N[C@]5(C(=O)O)CC5/C=C\CCCCC[C@@H](NC(=O)N[C@H](C(=O)c5ccc(N(C)C)cc5)C5CCCCC5)C(=O)N4C3)cc(-c3csc(NC(C)C)n3)nc2c1. The molecule has 6 atom stereocenters. The van der Waals surface area contributed by atoms with Gasteiger partial charge in [-0.2, -0.15) is 0 Å². The predicted molar refractivity (Wildman–Crippen MR) is 262 cm³/mol. The highest BCUT2D eigenvalue weighted by Gasteiger charge is 2.61. The van der Waals surface area contributed by atoms with Gasteiger partial charge < -0.3 is 45.6 Å². The minimum Gasteiger partial charge on any atom is -0.497 e. The molecule has 17 heteroatoms. The van der Waals surface area contributed by atoms with E-state index in [9.17, 15) is 24.3 Å². The number of thiazole rings is 1. The summed E-state index contributed by atoms with van der Waals surface area (Å²) in [6.07, 6.45) is 11.1. The fourth-order valence-corrected chi connectivity index (χ4v) is 10.7. The van der Waals surface area contributed by atoms with E-state index in [1.54, 1.807) is 37.4 Å². The number of carboxylic acid groups (broad SMARTS) is 1. The number of carbonyl (C=O) groups is 5. The number of rotatable bonds is 13. The van der Waals surface area contributed by atoms with Crippen LogP contribution in [0.5, 0.6) is 11.5 Å². The molecule has 4 amide bonds. The van der Waals surface area contributed by atoms with Crippen molar-refractivity contribution in [2.45, 2.75) is 127 Å². The van der Waals surface area contributed by atoms with E-state index < -0.39 is 59.5 Å². The monoisotopic (exact) mass is 948 g/mol. The summed E-state index contributed by atoms with van der Waals surface area (Å²) in [5.74, 6) is -1.85. The summed E-state index contributed by atoms with van der Waals surface area (Å²) in [4.78, 5) is 84.0. The van der Waals surface area contributed by atoms with Gasteiger partial charge in [0.2, 0.25) is 11.8 Å². The topological polar surface area (TPSA) is 204 Å². The molecule has 1 saturated heterocycles. The molecule has 2 aromatic carbocycles. The number of benzene rings is 2. The molecule has 68 heavy (non-hydrogen) atoms. The van der Waals surface area contributed by atoms with Gasteiger partial charge in [-0.1, -0.05) is 44.3 Å². The molecule has 2 saturated carbocycles. The number of carboxylic acids is 1. The van der Waals surface area contributed by atoms with Gasteiger partial charge in [-0.3, -0.25) is 14.4 Å². The third kappa shape index (κ3) is 10.9. The van der Waals surface area contributed by atoms with E-state index in [2.05, 4.69) is 21.3 Å². The molecule has 0 bridgehead atoms. The Hall–Kier alpha value is -6.23. The maximum atomic E-state index is 15.1. The zero-order chi connectivity index (χ0) is 48.1. The van der Waals surface area contributed by atoms with Crippen molar-refractivity contribution in [2.24, 2.45) is 11.8 Å². The number of amides is 4.